The maximum atomic E-state index is 12.9. The first-order valence-corrected chi connectivity index (χ1v) is 9.67. The van der Waals surface area contributed by atoms with Gasteiger partial charge in [0.15, 0.2) is 0 Å². The van der Waals surface area contributed by atoms with Crippen molar-refractivity contribution < 1.29 is 4.79 Å². The van der Waals surface area contributed by atoms with E-state index >= 15 is 0 Å². The van der Waals surface area contributed by atoms with Crippen molar-refractivity contribution in [3.8, 4) is 11.3 Å². The highest BCUT2D eigenvalue weighted by atomic mass is 79.9. The van der Waals surface area contributed by atoms with Crippen LogP contribution in [0.5, 0.6) is 0 Å². The maximum Gasteiger partial charge on any atom is 0.273 e. The molecular weight excluding hydrogens is 390 g/mol. The number of benzene rings is 2. The fourth-order valence-corrected chi connectivity index (χ4v) is 4.13. The summed E-state index contributed by atoms with van der Waals surface area (Å²) in [7, 11) is 0. The van der Waals surface area contributed by atoms with Gasteiger partial charge in [0.05, 0.1) is 4.47 Å². The lowest BCUT2D eigenvalue weighted by Crippen LogP contribution is -2.38. The molecular formula is C21H20BrN3O. The Morgan fingerprint density at radius 2 is 1.62 bits per heavy atom. The third kappa shape index (κ3) is 3.31. The summed E-state index contributed by atoms with van der Waals surface area (Å²) in [5.74, 6) is 0.545. The number of carbonyl (C=O) groups is 1. The molecule has 2 heterocycles. The Hall–Kier alpha value is -2.40. The molecule has 0 saturated carbocycles. The second kappa shape index (κ2) is 7.46. The van der Waals surface area contributed by atoms with Gasteiger partial charge in [-0.25, -0.2) is 0 Å². The summed E-state index contributed by atoms with van der Waals surface area (Å²) in [5.41, 5.74) is 3.65. The van der Waals surface area contributed by atoms with Gasteiger partial charge >= 0.3 is 0 Å². The van der Waals surface area contributed by atoms with Crippen molar-refractivity contribution in [1.82, 2.24) is 15.1 Å². The number of likely N-dealkylation sites (tertiary alicyclic amines) is 1. The van der Waals surface area contributed by atoms with E-state index in [-0.39, 0.29) is 5.91 Å². The highest BCUT2D eigenvalue weighted by molar-refractivity contribution is 9.10. The van der Waals surface area contributed by atoms with E-state index in [0.29, 0.717) is 11.6 Å². The number of rotatable bonds is 3. The molecule has 1 fully saturated rings. The normalized spacial score (nSPS) is 15.2. The molecule has 0 unspecified atom stereocenters. The van der Waals surface area contributed by atoms with Gasteiger partial charge < -0.3 is 4.90 Å². The molecule has 132 valence electrons. The third-order valence-corrected chi connectivity index (χ3v) is 5.79. The molecule has 2 aromatic carbocycles. The Morgan fingerprint density at radius 1 is 1.00 bits per heavy atom. The van der Waals surface area contributed by atoms with E-state index in [1.165, 1.54) is 5.56 Å². The molecule has 0 radical (unpaired) electrons. The maximum absolute atomic E-state index is 12.9. The van der Waals surface area contributed by atoms with Crippen LogP contribution in [0.2, 0.25) is 0 Å². The average molecular weight is 410 g/mol. The Labute approximate surface area is 161 Å². The second-order valence-electron chi connectivity index (χ2n) is 6.60. The standard InChI is InChI=1S/C21H20BrN3O/c22-18-19(17-9-5-2-6-10-17)23-24-20(18)21(26)25-13-11-16(12-14-25)15-7-3-1-4-8-15/h1-10,16H,11-14H2,(H,23,24). The molecule has 1 aliphatic heterocycles. The van der Waals surface area contributed by atoms with Crippen LogP contribution < -0.4 is 0 Å². The minimum atomic E-state index is 0.0121. The lowest BCUT2D eigenvalue weighted by Gasteiger charge is -2.32. The largest absolute Gasteiger partial charge is 0.337 e. The summed E-state index contributed by atoms with van der Waals surface area (Å²) < 4.78 is 0.735. The van der Waals surface area contributed by atoms with Crippen molar-refractivity contribution in [2.45, 2.75) is 18.8 Å². The molecule has 1 amide bonds. The van der Waals surface area contributed by atoms with E-state index in [2.05, 4.69) is 50.4 Å². The predicted octanol–water partition coefficient (Wildman–Crippen LogP) is 4.86. The minimum Gasteiger partial charge on any atom is -0.337 e. The summed E-state index contributed by atoms with van der Waals surface area (Å²) in [6.07, 6.45) is 1.99. The van der Waals surface area contributed by atoms with Crippen LogP contribution in [-0.2, 0) is 0 Å². The number of H-pyrrole nitrogens is 1. The zero-order chi connectivity index (χ0) is 17.9. The number of piperidine rings is 1. The van der Waals surface area contributed by atoms with E-state index in [0.717, 1.165) is 41.7 Å². The van der Waals surface area contributed by atoms with Gasteiger partial charge in [0.25, 0.3) is 5.91 Å². The molecule has 3 aromatic rings. The zero-order valence-electron chi connectivity index (χ0n) is 14.4. The molecule has 0 aliphatic carbocycles. The number of nitrogens with zero attached hydrogens (tertiary/aromatic N) is 2. The van der Waals surface area contributed by atoms with Crippen LogP contribution in [0.1, 0.15) is 34.8 Å². The van der Waals surface area contributed by atoms with Crippen molar-refractivity contribution in [1.29, 1.82) is 0 Å². The van der Waals surface area contributed by atoms with Crippen LogP contribution in [0, 0.1) is 0 Å². The van der Waals surface area contributed by atoms with Crippen LogP contribution in [0.3, 0.4) is 0 Å². The van der Waals surface area contributed by atoms with E-state index in [1.807, 2.05) is 41.3 Å². The van der Waals surface area contributed by atoms with Crippen molar-refractivity contribution in [3.05, 3.63) is 76.4 Å². The van der Waals surface area contributed by atoms with Crippen LogP contribution in [0.4, 0.5) is 0 Å². The predicted molar refractivity (Wildman–Crippen MR) is 106 cm³/mol. The number of hydrogen-bond donors (Lipinski definition) is 1. The van der Waals surface area contributed by atoms with Crippen LogP contribution in [-0.4, -0.2) is 34.1 Å². The molecule has 1 N–H and O–H groups in total. The molecule has 26 heavy (non-hydrogen) atoms. The molecule has 4 rings (SSSR count). The van der Waals surface area contributed by atoms with Gasteiger partial charge in [-0.05, 0) is 40.3 Å². The smallest absolute Gasteiger partial charge is 0.273 e. The van der Waals surface area contributed by atoms with Gasteiger partial charge in [-0.3, -0.25) is 9.89 Å². The second-order valence-corrected chi connectivity index (χ2v) is 7.40. The van der Waals surface area contributed by atoms with Crippen LogP contribution >= 0.6 is 15.9 Å². The third-order valence-electron chi connectivity index (χ3n) is 5.02. The van der Waals surface area contributed by atoms with Crippen molar-refractivity contribution in [2.24, 2.45) is 0 Å². The fourth-order valence-electron chi connectivity index (χ4n) is 3.56. The number of aromatic nitrogens is 2. The van der Waals surface area contributed by atoms with Gasteiger partial charge in [-0.1, -0.05) is 60.7 Å². The zero-order valence-corrected chi connectivity index (χ0v) is 15.9. The summed E-state index contributed by atoms with van der Waals surface area (Å²) in [5, 5.41) is 7.27. The van der Waals surface area contributed by atoms with Gasteiger partial charge in [0.1, 0.15) is 11.4 Å². The SMILES string of the molecule is O=C(c1[nH]nc(-c2ccccc2)c1Br)N1CCC(c2ccccc2)CC1. The Kier molecular flexibility index (Phi) is 4.89. The van der Waals surface area contributed by atoms with Crippen molar-refractivity contribution in [3.63, 3.8) is 0 Å². The summed E-state index contributed by atoms with van der Waals surface area (Å²) in [6, 6.07) is 20.4. The molecule has 1 aliphatic rings. The number of carbonyl (C=O) groups excluding carboxylic acids is 1. The molecule has 0 spiro atoms. The first-order chi connectivity index (χ1) is 12.7. The van der Waals surface area contributed by atoms with E-state index in [4.69, 9.17) is 0 Å². The lowest BCUT2D eigenvalue weighted by molar-refractivity contribution is 0.0706. The summed E-state index contributed by atoms with van der Waals surface area (Å²) in [4.78, 5) is 14.9. The van der Waals surface area contributed by atoms with Crippen molar-refractivity contribution in [2.75, 3.05) is 13.1 Å². The molecule has 0 atom stereocenters. The first-order valence-electron chi connectivity index (χ1n) is 8.87. The number of amides is 1. The quantitative estimate of drug-likeness (QED) is 0.671. The molecule has 4 nitrogen and oxygen atoms in total. The van der Waals surface area contributed by atoms with Crippen LogP contribution in [0.15, 0.2) is 65.1 Å². The fraction of sp³-hybridized carbons (Fsp3) is 0.238. The Morgan fingerprint density at radius 3 is 2.27 bits per heavy atom. The highest BCUT2D eigenvalue weighted by Gasteiger charge is 2.27. The molecule has 5 heteroatoms. The minimum absolute atomic E-state index is 0.0121. The van der Waals surface area contributed by atoms with E-state index in [9.17, 15) is 4.79 Å². The summed E-state index contributed by atoms with van der Waals surface area (Å²) in [6.45, 7) is 1.54. The Bertz CT molecular complexity index is 884. The van der Waals surface area contributed by atoms with Gasteiger partial charge in [-0.2, -0.15) is 5.10 Å². The lowest BCUT2D eigenvalue weighted by atomic mass is 9.89. The molecule has 0 bridgehead atoms. The average Bonchev–Trinajstić information content (AvgIpc) is 3.10. The number of hydrogen-bond acceptors (Lipinski definition) is 2. The van der Waals surface area contributed by atoms with Crippen LogP contribution in [0.25, 0.3) is 11.3 Å². The van der Waals surface area contributed by atoms with Gasteiger partial charge in [-0.15, -0.1) is 0 Å². The topological polar surface area (TPSA) is 49.0 Å². The van der Waals surface area contributed by atoms with Gasteiger partial charge in [0.2, 0.25) is 0 Å². The van der Waals surface area contributed by atoms with Crippen molar-refractivity contribution >= 4 is 21.8 Å². The summed E-state index contributed by atoms with van der Waals surface area (Å²) >= 11 is 3.56. The molecule has 1 saturated heterocycles. The van der Waals surface area contributed by atoms with E-state index < -0.39 is 0 Å². The number of aromatic amines is 1. The Balaban J connectivity index is 1.47. The number of halogens is 1. The highest BCUT2D eigenvalue weighted by Crippen LogP contribution is 2.32. The van der Waals surface area contributed by atoms with E-state index in [1.54, 1.807) is 0 Å². The molecule has 1 aromatic heterocycles. The number of nitrogens with one attached hydrogen (secondary N) is 1. The first kappa shape index (κ1) is 17.0. The monoisotopic (exact) mass is 409 g/mol. The van der Waals surface area contributed by atoms with Gasteiger partial charge in [0, 0.05) is 18.7 Å².